The van der Waals surface area contributed by atoms with Crippen molar-refractivity contribution in [2.24, 2.45) is 5.73 Å². The van der Waals surface area contributed by atoms with Gasteiger partial charge in [0.05, 0.1) is 6.61 Å². The van der Waals surface area contributed by atoms with Gasteiger partial charge in [0.1, 0.15) is 6.04 Å². The van der Waals surface area contributed by atoms with Crippen molar-refractivity contribution in [1.29, 1.82) is 0 Å². The van der Waals surface area contributed by atoms with E-state index in [1.807, 2.05) is 0 Å². The molecule has 1 aromatic rings. The van der Waals surface area contributed by atoms with E-state index < -0.39 is 12.0 Å². The van der Waals surface area contributed by atoms with Crippen molar-refractivity contribution in [3.8, 4) is 0 Å². The Bertz CT molecular complexity index is 351. The molecule has 0 heterocycles. The van der Waals surface area contributed by atoms with Crippen LogP contribution in [0, 0.1) is 0 Å². The van der Waals surface area contributed by atoms with Crippen LogP contribution in [-0.2, 0) is 9.53 Å². The van der Waals surface area contributed by atoms with Gasteiger partial charge in [-0.15, -0.1) is 12.4 Å². The van der Waals surface area contributed by atoms with Gasteiger partial charge in [-0.05, 0) is 30.7 Å². The summed E-state index contributed by atoms with van der Waals surface area (Å²) in [5.41, 5.74) is 6.22. The maximum absolute atomic E-state index is 11.3. The smallest absolute Gasteiger partial charge is 0.327 e. The number of hydrogen-bond donors (Lipinski definition) is 1. The van der Waals surface area contributed by atoms with Crippen LogP contribution in [0.5, 0.6) is 0 Å². The van der Waals surface area contributed by atoms with Gasteiger partial charge >= 0.3 is 5.97 Å². The largest absolute Gasteiger partial charge is 0.465 e. The summed E-state index contributed by atoms with van der Waals surface area (Å²) < 4.78 is 4.79. The molecule has 0 aliphatic heterocycles. The second kappa shape index (κ2) is 6.97. The van der Waals surface area contributed by atoms with Crippen LogP contribution in [0.4, 0.5) is 0 Å². The molecular weight excluding hydrogens is 272 g/mol. The zero-order valence-corrected chi connectivity index (χ0v) is 10.9. The van der Waals surface area contributed by atoms with Crippen LogP contribution in [0.2, 0.25) is 10.0 Å². The Balaban J connectivity index is 0.00000225. The molecule has 0 spiro atoms. The number of rotatable bonds is 3. The number of ether oxygens (including phenoxy) is 1. The minimum atomic E-state index is -0.846. The Morgan fingerprint density at radius 1 is 1.38 bits per heavy atom. The average molecular weight is 285 g/mol. The Morgan fingerprint density at radius 3 is 2.31 bits per heavy atom. The number of carbonyl (C=O) groups is 1. The van der Waals surface area contributed by atoms with Crippen molar-refractivity contribution in [3.63, 3.8) is 0 Å². The van der Waals surface area contributed by atoms with Crippen LogP contribution < -0.4 is 5.73 Å². The van der Waals surface area contributed by atoms with E-state index in [0.717, 1.165) is 0 Å². The summed E-state index contributed by atoms with van der Waals surface area (Å²) >= 11 is 11.6. The third-order valence-electron chi connectivity index (χ3n) is 1.78. The maximum atomic E-state index is 11.3. The van der Waals surface area contributed by atoms with Gasteiger partial charge in [-0.25, -0.2) is 4.79 Å². The fourth-order valence-electron chi connectivity index (χ4n) is 1.12. The van der Waals surface area contributed by atoms with E-state index >= 15 is 0 Å². The fourth-order valence-corrected chi connectivity index (χ4v) is 1.67. The van der Waals surface area contributed by atoms with Crippen LogP contribution in [0.1, 0.15) is 18.5 Å². The lowest BCUT2D eigenvalue weighted by molar-refractivity contribution is -0.144. The molecule has 2 N–H and O–H groups in total. The first-order valence-corrected chi connectivity index (χ1v) is 5.18. The molecular formula is C10H12Cl3NO2. The third kappa shape index (κ3) is 4.18. The highest BCUT2D eigenvalue weighted by molar-refractivity contribution is 6.34. The van der Waals surface area contributed by atoms with Gasteiger partial charge in [0, 0.05) is 10.0 Å². The van der Waals surface area contributed by atoms with Gasteiger partial charge in [0.25, 0.3) is 0 Å². The van der Waals surface area contributed by atoms with Gasteiger partial charge in [-0.3, -0.25) is 0 Å². The number of hydrogen-bond acceptors (Lipinski definition) is 3. The summed E-state index contributed by atoms with van der Waals surface area (Å²) in [6.45, 7) is 2.01. The van der Waals surface area contributed by atoms with Crippen LogP contribution in [0.25, 0.3) is 0 Å². The second-order valence-electron chi connectivity index (χ2n) is 2.93. The predicted molar refractivity (Wildman–Crippen MR) is 67.3 cm³/mol. The maximum Gasteiger partial charge on any atom is 0.327 e. The molecule has 0 bridgehead atoms. The number of benzene rings is 1. The zero-order valence-electron chi connectivity index (χ0n) is 8.57. The van der Waals surface area contributed by atoms with Gasteiger partial charge in [-0.2, -0.15) is 0 Å². The molecule has 1 rings (SSSR count). The standard InChI is InChI=1S/C10H11Cl2NO2.ClH/c1-2-15-10(14)9(13)6-3-7(11)5-8(12)4-6;/h3-5,9H,2,13H2,1H3;1H. The van der Waals surface area contributed by atoms with E-state index in [0.29, 0.717) is 22.2 Å². The molecule has 1 aromatic carbocycles. The van der Waals surface area contributed by atoms with Crippen LogP contribution in [-0.4, -0.2) is 12.6 Å². The van der Waals surface area contributed by atoms with E-state index in [4.69, 9.17) is 33.7 Å². The van der Waals surface area contributed by atoms with Crippen molar-refractivity contribution < 1.29 is 9.53 Å². The third-order valence-corrected chi connectivity index (χ3v) is 2.22. The Hall–Kier alpha value is -0.480. The quantitative estimate of drug-likeness (QED) is 0.868. The second-order valence-corrected chi connectivity index (χ2v) is 3.81. The van der Waals surface area contributed by atoms with Gasteiger partial charge in [0.2, 0.25) is 0 Å². The lowest BCUT2D eigenvalue weighted by atomic mass is 10.1. The highest BCUT2D eigenvalue weighted by atomic mass is 35.5. The summed E-state index contributed by atoms with van der Waals surface area (Å²) in [7, 11) is 0. The molecule has 0 aromatic heterocycles. The molecule has 16 heavy (non-hydrogen) atoms. The first-order chi connectivity index (χ1) is 7.04. The molecule has 0 aliphatic rings. The SMILES string of the molecule is CCOC(=O)C(N)c1cc(Cl)cc(Cl)c1.Cl. The van der Waals surface area contributed by atoms with E-state index in [-0.39, 0.29) is 12.4 Å². The highest BCUT2D eigenvalue weighted by Gasteiger charge is 2.17. The Labute approximate surface area is 110 Å². The molecule has 0 radical (unpaired) electrons. The summed E-state index contributed by atoms with van der Waals surface area (Å²) in [5.74, 6) is -0.490. The van der Waals surface area contributed by atoms with Crippen molar-refractivity contribution in [3.05, 3.63) is 33.8 Å². The predicted octanol–water partition coefficient (Wildman–Crippen LogP) is 2.98. The number of carbonyl (C=O) groups excluding carboxylic acids is 1. The molecule has 6 heteroatoms. The normalized spacial score (nSPS) is 11.5. The fraction of sp³-hybridized carbons (Fsp3) is 0.300. The van der Waals surface area contributed by atoms with Gasteiger partial charge < -0.3 is 10.5 Å². The highest BCUT2D eigenvalue weighted by Crippen LogP contribution is 2.23. The average Bonchev–Trinajstić information content (AvgIpc) is 2.15. The van der Waals surface area contributed by atoms with Crippen LogP contribution >= 0.6 is 35.6 Å². The molecule has 0 amide bonds. The van der Waals surface area contributed by atoms with Crippen molar-refractivity contribution >= 4 is 41.6 Å². The molecule has 0 saturated heterocycles. The van der Waals surface area contributed by atoms with E-state index in [1.54, 1.807) is 25.1 Å². The van der Waals surface area contributed by atoms with E-state index in [2.05, 4.69) is 0 Å². The topological polar surface area (TPSA) is 52.3 Å². The molecule has 1 unspecified atom stereocenters. The van der Waals surface area contributed by atoms with Crippen LogP contribution in [0.3, 0.4) is 0 Å². The first-order valence-electron chi connectivity index (χ1n) is 4.42. The molecule has 0 fully saturated rings. The van der Waals surface area contributed by atoms with Crippen molar-refractivity contribution in [1.82, 2.24) is 0 Å². The van der Waals surface area contributed by atoms with E-state index in [9.17, 15) is 4.79 Å². The Kier molecular flexibility index (Phi) is 6.76. The van der Waals surface area contributed by atoms with E-state index in [1.165, 1.54) is 0 Å². The minimum Gasteiger partial charge on any atom is -0.465 e. The summed E-state index contributed by atoms with van der Waals surface area (Å²) in [6.07, 6.45) is 0. The number of halogens is 3. The first kappa shape index (κ1) is 15.5. The lowest BCUT2D eigenvalue weighted by Gasteiger charge is -2.11. The Morgan fingerprint density at radius 2 is 1.88 bits per heavy atom. The lowest BCUT2D eigenvalue weighted by Crippen LogP contribution is -2.23. The van der Waals surface area contributed by atoms with Crippen molar-refractivity contribution in [2.75, 3.05) is 6.61 Å². The molecule has 3 nitrogen and oxygen atoms in total. The summed E-state index contributed by atoms with van der Waals surface area (Å²) in [6, 6.07) is 3.91. The van der Waals surface area contributed by atoms with Crippen LogP contribution in [0.15, 0.2) is 18.2 Å². The number of esters is 1. The molecule has 0 saturated carbocycles. The monoisotopic (exact) mass is 283 g/mol. The van der Waals surface area contributed by atoms with Gasteiger partial charge in [0.15, 0.2) is 0 Å². The molecule has 0 aliphatic carbocycles. The van der Waals surface area contributed by atoms with Crippen molar-refractivity contribution in [2.45, 2.75) is 13.0 Å². The zero-order chi connectivity index (χ0) is 11.4. The molecule has 90 valence electrons. The summed E-state index contributed by atoms with van der Waals surface area (Å²) in [4.78, 5) is 11.3. The molecule has 1 atom stereocenters. The minimum absolute atomic E-state index is 0. The summed E-state index contributed by atoms with van der Waals surface area (Å²) in [5, 5.41) is 0.884. The van der Waals surface area contributed by atoms with Gasteiger partial charge in [-0.1, -0.05) is 23.2 Å². The number of nitrogens with two attached hydrogens (primary N) is 1.